The number of methoxy groups -OCH3 is 3. The van der Waals surface area contributed by atoms with Gasteiger partial charge in [0, 0.05) is 0 Å². The highest BCUT2D eigenvalue weighted by atomic mass is 16.5. The first-order valence-electron chi connectivity index (χ1n) is 6.91. The van der Waals surface area contributed by atoms with Gasteiger partial charge in [-0.15, -0.1) is 0 Å². The highest BCUT2D eigenvalue weighted by Gasteiger charge is 2.20. The van der Waals surface area contributed by atoms with E-state index in [1.54, 1.807) is 12.1 Å². The van der Waals surface area contributed by atoms with Gasteiger partial charge in [-0.05, 0) is 24.6 Å². The summed E-state index contributed by atoms with van der Waals surface area (Å²) in [6, 6.07) is 2.17. The molecule has 0 saturated carbocycles. The molecule has 0 aliphatic rings. The standard InChI is InChI=1S/C15H20N2O7/c1-8(14(19)17-15(16)20)24-12(18)7-9-5-10(21-2)13(23-4)11(6-9)22-3/h5-6,8H,7H2,1-4H3,(H3,16,17,19,20)/t8-/m1/s1. The Morgan fingerprint density at radius 3 is 2.04 bits per heavy atom. The zero-order valence-electron chi connectivity index (χ0n) is 13.9. The molecule has 1 aromatic carbocycles. The van der Waals surface area contributed by atoms with Crippen molar-refractivity contribution in [2.24, 2.45) is 5.73 Å². The van der Waals surface area contributed by atoms with Crippen molar-refractivity contribution in [3.8, 4) is 17.2 Å². The van der Waals surface area contributed by atoms with Gasteiger partial charge >= 0.3 is 12.0 Å². The molecule has 9 nitrogen and oxygen atoms in total. The third kappa shape index (κ3) is 5.04. The molecule has 1 rings (SSSR count). The first-order chi connectivity index (χ1) is 11.3. The number of primary amides is 1. The first-order valence-corrected chi connectivity index (χ1v) is 6.91. The van der Waals surface area contributed by atoms with Crippen LogP contribution in [0.25, 0.3) is 0 Å². The fraction of sp³-hybridized carbons (Fsp3) is 0.400. The molecule has 0 aliphatic carbocycles. The van der Waals surface area contributed by atoms with Crippen LogP contribution < -0.4 is 25.3 Å². The van der Waals surface area contributed by atoms with Crippen LogP contribution in [0.2, 0.25) is 0 Å². The molecule has 1 atom stereocenters. The molecule has 1 aromatic rings. The Kier molecular flexibility index (Phi) is 6.84. The van der Waals surface area contributed by atoms with E-state index in [0.717, 1.165) is 0 Å². The highest BCUT2D eigenvalue weighted by molar-refractivity contribution is 5.96. The van der Waals surface area contributed by atoms with E-state index in [2.05, 4.69) is 0 Å². The van der Waals surface area contributed by atoms with Gasteiger partial charge in [0.25, 0.3) is 5.91 Å². The SMILES string of the molecule is COc1cc(CC(=O)O[C@H](C)C(=O)NC(N)=O)cc(OC)c1OC. The quantitative estimate of drug-likeness (QED) is 0.687. The Labute approximate surface area is 139 Å². The van der Waals surface area contributed by atoms with Crippen molar-refractivity contribution in [3.63, 3.8) is 0 Å². The molecule has 0 unspecified atom stereocenters. The van der Waals surface area contributed by atoms with E-state index in [4.69, 9.17) is 24.7 Å². The van der Waals surface area contributed by atoms with Crippen LogP contribution in [0.15, 0.2) is 12.1 Å². The maximum atomic E-state index is 11.9. The minimum atomic E-state index is -1.16. The number of imide groups is 1. The Balaban J connectivity index is 2.83. The summed E-state index contributed by atoms with van der Waals surface area (Å²) in [5, 5.41) is 1.83. The normalized spacial score (nSPS) is 11.2. The zero-order valence-corrected chi connectivity index (χ0v) is 13.9. The van der Waals surface area contributed by atoms with Gasteiger partial charge in [-0.25, -0.2) is 4.79 Å². The molecule has 132 valence electrons. The van der Waals surface area contributed by atoms with Crippen LogP contribution in [0.5, 0.6) is 17.2 Å². The number of amides is 3. The summed E-state index contributed by atoms with van der Waals surface area (Å²) < 4.78 is 20.5. The van der Waals surface area contributed by atoms with Gasteiger partial charge in [0.05, 0.1) is 27.8 Å². The Hall–Kier alpha value is -2.97. The number of urea groups is 1. The lowest BCUT2D eigenvalue weighted by molar-refractivity contribution is -0.153. The molecule has 0 heterocycles. The maximum absolute atomic E-state index is 11.9. The van der Waals surface area contributed by atoms with E-state index in [-0.39, 0.29) is 6.42 Å². The van der Waals surface area contributed by atoms with E-state index in [9.17, 15) is 14.4 Å². The lowest BCUT2D eigenvalue weighted by atomic mass is 10.1. The summed E-state index contributed by atoms with van der Waals surface area (Å²) in [6.07, 6.45) is -1.29. The van der Waals surface area contributed by atoms with Gasteiger partial charge < -0.3 is 24.7 Å². The molecule has 0 aliphatic heterocycles. The van der Waals surface area contributed by atoms with Crippen LogP contribution in [0.4, 0.5) is 4.79 Å². The van der Waals surface area contributed by atoms with Gasteiger partial charge in [0.2, 0.25) is 5.75 Å². The van der Waals surface area contributed by atoms with Gasteiger partial charge in [-0.2, -0.15) is 0 Å². The van der Waals surface area contributed by atoms with Crippen molar-refractivity contribution < 1.29 is 33.3 Å². The smallest absolute Gasteiger partial charge is 0.318 e. The molecule has 0 bridgehead atoms. The molecule has 0 fully saturated rings. The van der Waals surface area contributed by atoms with E-state index in [1.165, 1.54) is 28.3 Å². The van der Waals surface area contributed by atoms with Crippen LogP contribution in [0.1, 0.15) is 12.5 Å². The monoisotopic (exact) mass is 340 g/mol. The second kappa shape index (κ2) is 8.61. The second-order valence-corrected chi connectivity index (χ2v) is 4.70. The molecule has 3 amide bonds. The molecule has 0 aromatic heterocycles. The fourth-order valence-electron chi connectivity index (χ4n) is 1.92. The van der Waals surface area contributed by atoms with E-state index in [0.29, 0.717) is 22.8 Å². The van der Waals surface area contributed by atoms with E-state index in [1.807, 2.05) is 5.32 Å². The summed E-state index contributed by atoms with van der Waals surface area (Å²) in [5.41, 5.74) is 5.36. The van der Waals surface area contributed by atoms with Crippen molar-refractivity contribution in [2.45, 2.75) is 19.4 Å². The summed E-state index contributed by atoms with van der Waals surface area (Å²) in [6.45, 7) is 1.32. The molecule has 0 spiro atoms. The van der Waals surface area contributed by atoms with Crippen LogP contribution in [-0.4, -0.2) is 45.3 Å². The van der Waals surface area contributed by atoms with Gasteiger partial charge in [-0.1, -0.05) is 0 Å². The second-order valence-electron chi connectivity index (χ2n) is 4.70. The summed E-state index contributed by atoms with van der Waals surface area (Å²) in [5.74, 6) is -0.304. The highest BCUT2D eigenvalue weighted by Crippen LogP contribution is 2.38. The molecule has 3 N–H and O–H groups in total. The van der Waals surface area contributed by atoms with E-state index < -0.39 is 24.0 Å². The predicted octanol–water partition coefficient (Wildman–Crippen LogP) is 0.382. The van der Waals surface area contributed by atoms with E-state index >= 15 is 0 Å². The summed E-state index contributed by atoms with van der Waals surface area (Å²) in [7, 11) is 4.37. The first kappa shape index (κ1) is 19.1. The largest absolute Gasteiger partial charge is 0.493 e. The number of esters is 1. The number of hydrogen-bond donors (Lipinski definition) is 2. The van der Waals surface area contributed by atoms with Crippen molar-refractivity contribution >= 4 is 17.9 Å². The van der Waals surface area contributed by atoms with Crippen LogP contribution >= 0.6 is 0 Å². The van der Waals surface area contributed by atoms with Crippen LogP contribution in [0, 0.1) is 0 Å². The summed E-state index contributed by atoms with van der Waals surface area (Å²) in [4.78, 5) is 34.0. The lowest BCUT2D eigenvalue weighted by Gasteiger charge is -2.15. The Bertz CT molecular complexity index is 605. The van der Waals surface area contributed by atoms with Crippen molar-refractivity contribution in [2.75, 3.05) is 21.3 Å². The minimum absolute atomic E-state index is 0.134. The van der Waals surface area contributed by atoms with Gasteiger partial charge in [0.15, 0.2) is 17.6 Å². The Morgan fingerprint density at radius 1 is 1.08 bits per heavy atom. The van der Waals surface area contributed by atoms with Gasteiger partial charge in [-0.3, -0.25) is 14.9 Å². The van der Waals surface area contributed by atoms with Crippen LogP contribution in [-0.2, 0) is 20.7 Å². The molecule has 0 radical (unpaired) electrons. The molecule has 9 heteroatoms. The van der Waals surface area contributed by atoms with Crippen molar-refractivity contribution in [1.29, 1.82) is 0 Å². The minimum Gasteiger partial charge on any atom is -0.493 e. The lowest BCUT2D eigenvalue weighted by Crippen LogP contribution is -2.42. The van der Waals surface area contributed by atoms with Gasteiger partial charge in [0.1, 0.15) is 0 Å². The number of nitrogens with one attached hydrogen (secondary N) is 1. The number of carbonyl (C=O) groups excluding carboxylic acids is 3. The zero-order chi connectivity index (χ0) is 18.3. The fourth-order valence-corrected chi connectivity index (χ4v) is 1.92. The number of benzene rings is 1. The third-order valence-electron chi connectivity index (χ3n) is 3.00. The number of rotatable bonds is 7. The Morgan fingerprint density at radius 2 is 1.62 bits per heavy atom. The summed E-state index contributed by atoms with van der Waals surface area (Å²) >= 11 is 0. The number of ether oxygens (including phenoxy) is 4. The van der Waals surface area contributed by atoms with Crippen LogP contribution in [0.3, 0.4) is 0 Å². The molecular weight excluding hydrogens is 320 g/mol. The number of nitrogens with two attached hydrogens (primary N) is 1. The number of hydrogen-bond acceptors (Lipinski definition) is 7. The number of carbonyl (C=O) groups is 3. The average Bonchev–Trinajstić information content (AvgIpc) is 2.52. The molecule has 0 saturated heterocycles. The molecule has 24 heavy (non-hydrogen) atoms. The third-order valence-corrected chi connectivity index (χ3v) is 3.00. The average molecular weight is 340 g/mol. The topological polar surface area (TPSA) is 126 Å². The maximum Gasteiger partial charge on any atom is 0.318 e. The predicted molar refractivity (Wildman–Crippen MR) is 83.1 cm³/mol. The van der Waals surface area contributed by atoms with Crippen molar-refractivity contribution in [1.82, 2.24) is 5.32 Å². The van der Waals surface area contributed by atoms with Crippen molar-refractivity contribution in [3.05, 3.63) is 17.7 Å². The molecular formula is C15H20N2O7.